The Balaban J connectivity index is 2.18. The first-order valence-electron chi connectivity index (χ1n) is 7.95. The minimum Gasteiger partial charge on any atom is -0.506 e. The van der Waals surface area contributed by atoms with Gasteiger partial charge in [-0.15, -0.1) is 0 Å². The molecule has 1 aromatic carbocycles. The molecule has 1 aliphatic heterocycles. The monoisotopic (exact) mass is 290 g/mol. The fourth-order valence-corrected chi connectivity index (χ4v) is 3.13. The first-order chi connectivity index (χ1) is 10.1. The van der Waals surface area contributed by atoms with Gasteiger partial charge >= 0.3 is 0 Å². The van der Waals surface area contributed by atoms with Crippen molar-refractivity contribution < 1.29 is 9.90 Å². The molecule has 2 rings (SSSR count). The lowest BCUT2D eigenvalue weighted by molar-refractivity contribution is -0.127. The zero-order valence-electron chi connectivity index (χ0n) is 13.0. The summed E-state index contributed by atoms with van der Waals surface area (Å²) in [6, 6.07) is 5.41. The van der Waals surface area contributed by atoms with Crippen molar-refractivity contribution in [2.45, 2.75) is 46.0 Å². The van der Waals surface area contributed by atoms with Gasteiger partial charge in [-0.2, -0.15) is 0 Å². The highest BCUT2D eigenvalue weighted by Gasteiger charge is 2.38. The topological polar surface area (TPSA) is 61.4 Å². The number of carbonyl (C=O) groups excluding carboxylic acids is 1. The molecule has 1 saturated heterocycles. The lowest BCUT2D eigenvalue weighted by Crippen LogP contribution is -2.44. The molecule has 4 nitrogen and oxygen atoms in total. The van der Waals surface area contributed by atoms with Crippen LogP contribution in [0.5, 0.6) is 5.75 Å². The standard InChI is InChI=1S/C17H26N2O2/c1-3-7-17(8-10-18-11-9-17)16(21)19-14-12-13(4-2)5-6-15(14)20/h5-6,12,18,20H,3-4,7-11H2,1-2H3,(H,19,21). The normalized spacial score (nSPS) is 17.4. The number of nitrogens with one attached hydrogen (secondary N) is 2. The van der Waals surface area contributed by atoms with Crippen LogP contribution in [0, 0.1) is 5.41 Å². The fraction of sp³-hybridized carbons (Fsp3) is 0.588. The average Bonchev–Trinajstić information content (AvgIpc) is 2.50. The molecule has 0 aromatic heterocycles. The number of aryl methyl sites for hydroxylation is 1. The van der Waals surface area contributed by atoms with Gasteiger partial charge in [-0.05, 0) is 56.5 Å². The smallest absolute Gasteiger partial charge is 0.230 e. The Morgan fingerprint density at radius 1 is 1.33 bits per heavy atom. The van der Waals surface area contributed by atoms with Gasteiger partial charge in [-0.3, -0.25) is 4.79 Å². The number of phenols is 1. The van der Waals surface area contributed by atoms with Gasteiger partial charge in [0.1, 0.15) is 5.75 Å². The van der Waals surface area contributed by atoms with E-state index in [1.807, 2.05) is 12.1 Å². The molecule has 0 aliphatic carbocycles. The van der Waals surface area contributed by atoms with Crippen molar-refractivity contribution in [2.24, 2.45) is 5.41 Å². The summed E-state index contributed by atoms with van der Waals surface area (Å²) in [5.41, 5.74) is 1.35. The zero-order valence-corrected chi connectivity index (χ0v) is 13.0. The van der Waals surface area contributed by atoms with E-state index in [0.717, 1.165) is 50.8 Å². The Morgan fingerprint density at radius 2 is 2.05 bits per heavy atom. The number of hydrogen-bond donors (Lipinski definition) is 3. The molecule has 116 valence electrons. The summed E-state index contributed by atoms with van der Waals surface area (Å²) in [6.07, 6.45) is 4.50. The molecule has 1 aromatic rings. The molecule has 0 radical (unpaired) electrons. The highest BCUT2D eigenvalue weighted by Crippen LogP contribution is 2.36. The Hall–Kier alpha value is -1.55. The summed E-state index contributed by atoms with van der Waals surface area (Å²) in [5, 5.41) is 16.2. The van der Waals surface area contributed by atoms with Gasteiger partial charge in [0.2, 0.25) is 5.91 Å². The number of benzene rings is 1. The van der Waals surface area contributed by atoms with Crippen molar-refractivity contribution >= 4 is 11.6 Å². The van der Waals surface area contributed by atoms with Crippen molar-refractivity contribution in [3.63, 3.8) is 0 Å². The number of amides is 1. The number of aromatic hydroxyl groups is 1. The largest absolute Gasteiger partial charge is 0.506 e. The van der Waals surface area contributed by atoms with Crippen molar-refractivity contribution in [1.82, 2.24) is 5.32 Å². The van der Waals surface area contributed by atoms with E-state index in [-0.39, 0.29) is 17.1 Å². The van der Waals surface area contributed by atoms with E-state index in [1.54, 1.807) is 6.07 Å². The summed E-state index contributed by atoms with van der Waals surface area (Å²) in [7, 11) is 0. The van der Waals surface area contributed by atoms with Crippen LogP contribution in [0.2, 0.25) is 0 Å². The lowest BCUT2D eigenvalue weighted by Gasteiger charge is -2.36. The third kappa shape index (κ3) is 3.56. The summed E-state index contributed by atoms with van der Waals surface area (Å²) < 4.78 is 0. The van der Waals surface area contributed by atoms with Crippen LogP contribution >= 0.6 is 0 Å². The summed E-state index contributed by atoms with van der Waals surface area (Å²) >= 11 is 0. The molecule has 21 heavy (non-hydrogen) atoms. The molecule has 1 heterocycles. The minimum atomic E-state index is -0.297. The number of anilines is 1. The van der Waals surface area contributed by atoms with Gasteiger partial charge in [0, 0.05) is 0 Å². The maximum atomic E-state index is 12.8. The molecule has 1 amide bonds. The van der Waals surface area contributed by atoms with E-state index in [1.165, 1.54) is 0 Å². The van der Waals surface area contributed by atoms with Gasteiger partial charge in [0.25, 0.3) is 0 Å². The van der Waals surface area contributed by atoms with E-state index < -0.39 is 0 Å². The van der Waals surface area contributed by atoms with Crippen LogP contribution in [0.15, 0.2) is 18.2 Å². The highest BCUT2D eigenvalue weighted by molar-refractivity contribution is 5.96. The number of carbonyl (C=O) groups is 1. The summed E-state index contributed by atoms with van der Waals surface area (Å²) in [4.78, 5) is 12.8. The summed E-state index contributed by atoms with van der Waals surface area (Å²) in [5.74, 6) is 0.190. The van der Waals surface area contributed by atoms with Gasteiger partial charge in [0.05, 0.1) is 11.1 Å². The molecule has 3 N–H and O–H groups in total. The molecule has 4 heteroatoms. The van der Waals surface area contributed by atoms with E-state index in [0.29, 0.717) is 5.69 Å². The van der Waals surface area contributed by atoms with Gasteiger partial charge in [-0.25, -0.2) is 0 Å². The third-order valence-corrected chi connectivity index (χ3v) is 4.49. The van der Waals surface area contributed by atoms with Crippen LogP contribution < -0.4 is 10.6 Å². The van der Waals surface area contributed by atoms with Crippen LogP contribution in [-0.4, -0.2) is 24.1 Å². The Bertz CT molecular complexity index is 488. The van der Waals surface area contributed by atoms with Crippen molar-refractivity contribution in [3.05, 3.63) is 23.8 Å². The maximum Gasteiger partial charge on any atom is 0.230 e. The van der Waals surface area contributed by atoms with Crippen molar-refractivity contribution in [2.75, 3.05) is 18.4 Å². The minimum absolute atomic E-state index is 0.0504. The van der Waals surface area contributed by atoms with Crippen molar-refractivity contribution in [3.8, 4) is 5.75 Å². The molecule has 0 unspecified atom stereocenters. The van der Waals surface area contributed by atoms with Crippen molar-refractivity contribution in [1.29, 1.82) is 0 Å². The maximum absolute atomic E-state index is 12.8. The number of rotatable bonds is 5. The second-order valence-corrected chi connectivity index (χ2v) is 5.94. The van der Waals surface area contributed by atoms with E-state index in [4.69, 9.17) is 0 Å². The Labute approximate surface area is 126 Å². The second-order valence-electron chi connectivity index (χ2n) is 5.94. The molecular formula is C17H26N2O2. The van der Waals surface area contributed by atoms with Crippen LogP contribution in [0.1, 0.15) is 45.1 Å². The van der Waals surface area contributed by atoms with Gasteiger partial charge in [-0.1, -0.05) is 26.3 Å². The first-order valence-corrected chi connectivity index (χ1v) is 7.95. The molecule has 0 spiro atoms. The molecule has 0 bridgehead atoms. The molecular weight excluding hydrogens is 264 g/mol. The predicted molar refractivity (Wildman–Crippen MR) is 85.6 cm³/mol. The SMILES string of the molecule is CCCC1(C(=O)Nc2cc(CC)ccc2O)CCNCC1. The zero-order chi connectivity index (χ0) is 15.3. The number of piperidine rings is 1. The average molecular weight is 290 g/mol. The lowest BCUT2D eigenvalue weighted by atomic mass is 9.74. The van der Waals surface area contributed by atoms with E-state index in [2.05, 4.69) is 24.5 Å². The number of phenolic OH excluding ortho intramolecular Hbond substituents is 1. The molecule has 1 aliphatic rings. The molecule has 1 fully saturated rings. The predicted octanol–water partition coefficient (Wildman–Crippen LogP) is 3.06. The summed E-state index contributed by atoms with van der Waals surface area (Å²) in [6.45, 7) is 5.94. The van der Waals surface area contributed by atoms with Crippen LogP contribution in [-0.2, 0) is 11.2 Å². The molecule has 0 atom stereocenters. The molecule has 0 saturated carbocycles. The highest BCUT2D eigenvalue weighted by atomic mass is 16.3. The van der Waals surface area contributed by atoms with Crippen LogP contribution in [0.4, 0.5) is 5.69 Å². The Kier molecular flexibility index (Phi) is 5.23. The second kappa shape index (κ2) is 6.94. The Morgan fingerprint density at radius 3 is 2.67 bits per heavy atom. The fourth-order valence-electron chi connectivity index (χ4n) is 3.13. The van der Waals surface area contributed by atoms with E-state index in [9.17, 15) is 9.90 Å². The van der Waals surface area contributed by atoms with Crippen LogP contribution in [0.25, 0.3) is 0 Å². The third-order valence-electron chi connectivity index (χ3n) is 4.49. The first kappa shape index (κ1) is 15.8. The van der Waals surface area contributed by atoms with Gasteiger partial charge in [0.15, 0.2) is 0 Å². The quantitative estimate of drug-likeness (QED) is 0.730. The van der Waals surface area contributed by atoms with E-state index >= 15 is 0 Å². The number of hydrogen-bond acceptors (Lipinski definition) is 3. The van der Waals surface area contributed by atoms with Crippen LogP contribution in [0.3, 0.4) is 0 Å². The van der Waals surface area contributed by atoms with Gasteiger partial charge < -0.3 is 15.7 Å².